The van der Waals surface area contributed by atoms with Crippen molar-refractivity contribution in [1.82, 2.24) is 0 Å². The van der Waals surface area contributed by atoms with Gasteiger partial charge in [-0.05, 0) is 31.2 Å². The van der Waals surface area contributed by atoms with E-state index in [9.17, 15) is 18.0 Å². The highest BCUT2D eigenvalue weighted by atomic mass is 32.2. The highest BCUT2D eigenvalue weighted by molar-refractivity contribution is 7.92. The molecule has 0 bridgehead atoms. The van der Waals surface area contributed by atoms with Crippen molar-refractivity contribution >= 4 is 33.2 Å². The number of carbonyl (C=O) groups excluding carboxylic acids is 2. The first-order valence-electron chi connectivity index (χ1n) is 7.31. The van der Waals surface area contributed by atoms with Crippen molar-refractivity contribution in [2.45, 2.75) is 17.9 Å². The Morgan fingerprint density at radius 3 is 2.68 bits per heavy atom. The molecule has 3 rings (SSSR count). The second-order valence-corrected chi connectivity index (χ2v) is 7.11. The summed E-state index contributed by atoms with van der Waals surface area (Å²) < 4.78 is 33.0. The van der Waals surface area contributed by atoms with E-state index in [1.54, 1.807) is 19.1 Å². The lowest BCUT2D eigenvalue weighted by Gasteiger charge is -2.23. The number of hydrogen-bond donors (Lipinski definition) is 3. The van der Waals surface area contributed by atoms with Gasteiger partial charge in [-0.1, -0.05) is 12.1 Å². The highest BCUT2D eigenvalue weighted by Crippen LogP contribution is 2.32. The molecule has 2 aromatic carbocycles. The largest absolute Gasteiger partial charge is 0.479 e. The van der Waals surface area contributed by atoms with Crippen molar-refractivity contribution in [3.63, 3.8) is 0 Å². The summed E-state index contributed by atoms with van der Waals surface area (Å²) >= 11 is 0. The van der Waals surface area contributed by atoms with E-state index in [0.717, 1.165) is 0 Å². The maximum Gasteiger partial charge on any atom is 0.265 e. The van der Waals surface area contributed by atoms with Gasteiger partial charge in [0.05, 0.1) is 21.8 Å². The van der Waals surface area contributed by atoms with Crippen molar-refractivity contribution in [1.29, 1.82) is 0 Å². The van der Waals surface area contributed by atoms with Gasteiger partial charge in [0.25, 0.3) is 21.8 Å². The first kappa shape index (κ1) is 16.8. The molecule has 2 aromatic rings. The highest BCUT2D eigenvalue weighted by Gasteiger charge is 2.26. The molecular weight excluding hydrogens is 346 g/mol. The normalized spacial score (nSPS) is 16.4. The van der Waals surface area contributed by atoms with E-state index < -0.39 is 22.0 Å². The minimum absolute atomic E-state index is 0.0566. The molecule has 0 aromatic heterocycles. The lowest BCUT2D eigenvalue weighted by atomic mass is 10.2. The molecule has 9 heteroatoms. The quantitative estimate of drug-likeness (QED) is 0.756. The van der Waals surface area contributed by atoms with E-state index in [0.29, 0.717) is 5.69 Å². The summed E-state index contributed by atoms with van der Waals surface area (Å²) in [6.45, 7) is 1.56. The molecule has 1 heterocycles. The van der Waals surface area contributed by atoms with E-state index in [1.807, 2.05) is 0 Å². The molecule has 130 valence electrons. The van der Waals surface area contributed by atoms with Crippen molar-refractivity contribution in [2.24, 2.45) is 5.73 Å². The maximum atomic E-state index is 12.6. The summed E-state index contributed by atoms with van der Waals surface area (Å²) in [5.41, 5.74) is 5.78. The Hall–Kier alpha value is -3.07. The van der Waals surface area contributed by atoms with Gasteiger partial charge in [-0.25, -0.2) is 8.42 Å². The van der Waals surface area contributed by atoms with Crippen molar-refractivity contribution in [3.05, 3.63) is 48.0 Å². The summed E-state index contributed by atoms with van der Waals surface area (Å²) in [4.78, 5) is 22.9. The van der Waals surface area contributed by atoms with E-state index in [2.05, 4.69) is 10.0 Å². The number of para-hydroxylation sites is 1. The van der Waals surface area contributed by atoms with Gasteiger partial charge < -0.3 is 15.8 Å². The lowest BCUT2D eigenvalue weighted by molar-refractivity contribution is -0.122. The zero-order chi connectivity index (χ0) is 18.2. The number of primary amides is 1. The van der Waals surface area contributed by atoms with Crippen molar-refractivity contribution in [3.8, 4) is 5.75 Å². The van der Waals surface area contributed by atoms with Crippen LogP contribution in [0.4, 0.5) is 11.4 Å². The van der Waals surface area contributed by atoms with Crippen LogP contribution in [0.25, 0.3) is 0 Å². The zero-order valence-corrected chi connectivity index (χ0v) is 14.0. The maximum absolute atomic E-state index is 12.6. The number of carbonyl (C=O) groups is 2. The fraction of sp³-hybridized carbons (Fsp3) is 0.125. The van der Waals surface area contributed by atoms with Crippen LogP contribution in [0.15, 0.2) is 47.4 Å². The minimum Gasteiger partial charge on any atom is -0.479 e. The molecular formula is C16H15N3O5S. The van der Waals surface area contributed by atoms with Gasteiger partial charge in [-0.3, -0.25) is 14.3 Å². The molecule has 1 aliphatic rings. The van der Waals surface area contributed by atoms with E-state index in [4.69, 9.17) is 10.5 Å². The third-order valence-corrected chi connectivity index (χ3v) is 4.99. The number of rotatable bonds is 4. The van der Waals surface area contributed by atoms with Crippen LogP contribution in [0, 0.1) is 0 Å². The van der Waals surface area contributed by atoms with Gasteiger partial charge in [0.1, 0.15) is 5.75 Å². The van der Waals surface area contributed by atoms with Gasteiger partial charge in [0.2, 0.25) is 0 Å². The molecule has 0 radical (unpaired) electrons. The average molecular weight is 361 g/mol. The Labute approximate surface area is 144 Å². The van der Waals surface area contributed by atoms with Crippen molar-refractivity contribution < 1.29 is 22.7 Å². The van der Waals surface area contributed by atoms with Crippen LogP contribution in [0.2, 0.25) is 0 Å². The number of hydrogen-bond acceptors (Lipinski definition) is 5. The third-order valence-electron chi connectivity index (χ3n) is 3.63. The number of benzene rings is 2. The second-order valence-electron chi connectivity index (χ2n) is 5.42. The number of amides is 2. The molecule has 1 atom stereocenters. The standard InChI is InChI=1S/C16H15N3O5S/c1-9-16(21)18-13-7-6-10(8-14(13)24-9)25(22,23)19-12-5-3-2-4-11(12)15(17)20/h2-9,19H,1H3,(H2,17,20)(H,18,21)/t9-/m1/s1. The molecule has 0 fully saturated rings. The number of anilines is 2. The zero-order valence-electron chi connectivity index (χ0n) is 13.1. The van der Waals surface area contributed by atoms with E-state index in [-0.39, 0.29) is 27.8 Å². The van der Waals surface area contributed by atoms with Gasteiger partial charge in [-0.2, -0.15) is 0 Å². The number of nitrogens with one attached hydrogen (secondary N) is 2. The summed E-state index contributed by atoms with van der Waals surface area (Å²) in [6, 6.07) is 10.1. The predicted octanol–water partition coefficient (Wildman–Crippen LogP) is 1.31. The Balaban J connectivity index is 1.95. The Kier molecular flexibility index (Phi) is 4.09. The van der Waals surface area contributed by atoms with E-state index in [1.165, 1.54) is 30.3 Å². The second kappa shape index (κ2) is 6.10. The Bertz CT molecular complexity index is 971. The minimum atomic E-state index is -3.98. The molecule has 0 saturated heterocycles. The fourth-order valence-electron chi connectivity index (χ4n) is 2.34. The number of ether oxygens (including phenoxy) is 1. The number of fused-ring (bicyclic) bond motifs is 1. The molecule has 2 amide bonds. The van der Waals surface area contributed by atoms with Gasteiger partial charge >= 0.3 is 0 Å². The van der Waals surface area contributed by atoms with Crippen molar-refractivity contribution in [2.75, 3.05) is 10.0 Å². The van der Waals surface area contributed by atoms with Gasteiger partial charge in [-0.15, -0.1) is 0 Å². The van der Waals surface area contributed by atoms with Crippen LogP contribution < -0.4 is 20.5 Å². The first-order valence-corrected chi connectivity index (χ1v) is 8.79. The monoisotopic (exact) mass is 361 g/mol. The first-order chi connectivity index (χ1) is 11.8. The smallest absolute Gasteiger partial charge is 0.265 e. The summed E-state index contributed by atoms with van der Waals surface area (Å²) in [6.07, 6.45) is -0.728. The fourth-order valence-corrected chi connectivity index (χ4v) is 3.43. The SMILES string of the molecule is C[C@H]1Oc2cc(S(=O)(=O)Nc3ccccc3C(N)=O)ccc2NC1=O. The number of sulfonamides is 1. The molecule has 0 spiro atoms. The van der Waals surface area contributed by atoms with Crippen LogP contribution in [-0.2, 0) is 14.8 Å². The summed E-state index contributed by atoms with van der Waals surface area (Å²) in [7, 11) is -3.98. The summed E-state index contributed by atoms with van der Waals surface area (Å²) in [5.74, 6) is -0.807. The van der Waals surface area contributed by atoms with E-state index >= 15 is 0 Å². The summed E-state index contributed by atoms with van der Waals surface area (Å²) in [5, 5.41) is 2.62. The Morgan fingerprint density at radius 1 is 1.24 bits per heavy atom. The molecule has 0 saturated carbocycles. The van der Waals surface area contributed by atoms with Crippen LogP contribution >= 0.6 is 0 Å². The van der Waals surface area contributed by atoms with Gasteiger partial charge in [0.15, 0.2) is 6.10 Å². The number of nitrogens with two attached hydrogens (primary N) is 1. The predicted molar refractivity (Wildman–Crippen MR) is 90.9 cm³/mol. The topological polar surface area (TPSA) is 128 Å². The third kappa shape index (κ3) is 3.26. The molecule has 1 aliphatic heterocycles. The molecule has 25 heavy (non-hydrogen) atoms. The van der Waals surface area contributed by atoms with Gasteiger partial charge in [0, 0.05) is 6.07 Å². The van der Waals surface area contributed by atoms with Crippen LogP contribution in [-0.4, -0.2) is 26.3 Å². The average Bonchev–Trinajstić information content (AvgIpc) is 2.55. The molecule has 4 N–H and O–H groups in total. The molecule has 0 aliphatic carbocycles. The lowest BCUT2D eigenvalue weighted by Crippen LogP contribution is -2.34. The van der Waals surface area contributed by atoms with Crippen LogP contribution in [0.3, 0.4) is 0 Å². The van der Waals surface area contributed by atoms with Crippen LogP contribution in [0.1, 0.15) is 17.3 Å². The molecule has 8 nitrogen and oxygen atoms in total. The Morgan fingerprint density at radius 2 is 1.96 bits per heavy atom. The van der Waals surface area contributed by atoms with Crippen LogP contribution in [0.5, 0.6) is 5.75 Å². The molecule has 0 unspecified atom stereocenters.